The average molecular weight is 320 g/mol. The molecule has 0 saturated carbocycles. The zero-order chi connectivity index (χ0) is 16.9. The standard InChI is InChI=1S/C20H20N2O2/c1-14(16-5-3-15(4-6-16)13-24-2)20(23)22-19-8-7-18-12-21-10-9-17(18)11-19/h3-12,14H,13H2,1-2H3,(H,22,23). The van der Waals surface area contributed by atoms with Gasteiger partial charge >= 0.3 is 0 Å². The molecule has 1 N–H and O–H groups in total. The van der Waals surface area contributed by atoms with E-state index in [-0.39, 0.29) is 11.8 Å². The molecule has 24 heavy (non-hydrogen) atoms. The van der Waals surface area contributed by atoms with Crippen LogP contribution in [0.5, 0.6) is 0 Å². The largest absolute Gasteiger partial charge is 0.380 e. The molecule has 0 fully saturated rings. The Morgan fingerprint density at radius 2 is 1.92 bits per heavy atom. The van der Waals surface area contributed by atoms with Crippen LogP contribution in [0.15, 0.2) is 60.9 Å². The first-order valence-electron chi connectivity index (χ1n) is 7.90. The molecular formula is C20H20N2O2. The van der Waals surface area contributed by atoms with Gasteiger partial charge in [-0.05, 0) is 41.6 Å². The summed E-state index contributed by atoms with van der Waals surface area (Å²) in [5, 5.41) is 5.10. The zero-order valence-corrected chi connectivity index (χ0v) is 13.8. The zero-order valence-electron chi connectivity index (χ0n) is 13.8. The molecule has 0 bridgehead atoms. The van der Waals surface area contributed by atoms with Crippen LogP contribution in [-0.4, -0.2) is 18.0 Å². The van der Waals surface area contributed by atoms with Crippen molar-refractivity contribution in [1.82, 2.24) is 4.98 Å². The fourth-order valence-electron chi connectivity index (χ4n) is 2.63. The van der Waals surface area contributed by atoms with E-state index in [9.17, 15) is 4.79 Å². The molecule has 0 radical (unpaired) electrons. The van der Waals surface area contributed by atoms with Gasteiger partial charge in [0.05, 0.1) is 12.5 Å². The molecule has 4 nitrogen and oxygen atoms in total. The number of carbonyl (C=O) groups excluding carboxylic acids is 1. The van der Waals surface area contributed by atoms with Crippen molar-refractivity contribution >= 4 is 22.4 Å². The third-order valence-electron chi connectivity index (χ3n) is 4.09. The lowest BCUT2D eigenvalue weighted by atomic mass is 9.99. The second-order valence-electron chi connectivity index (χ2n) is 5.82. The van der Waals surface area contributed by atoms with E-state index in [1.165, 1.54) is 0 Å². The molecule has 1 unspecified atom stereocenters. The number of ether oxygens (including phenoxy) is 1. The number of benzene rings is 2. The minimum atomic E-state index is -0.227. The lowest BCUT2D eigenvalue weighted by molar-refractivity contribution is -0.117. The summed E-state index contributed by atoms with van der Waals surface area (Å²) in [6.07, 6.45) is 3.56. The van der Waals surface area contributed by atoms with Crippen molar-refractivity contribution in [3.8, 4) is 0 Å². The minimum Gasteiger partial charge on any atom is -0.380 e. The predicted molar refractivity (Wildman–Crippen MR) is 95.9 cm³/mol. The van der Waals surface area contributed by atoms with Crippen molar-refractivity contribution in [2.75, 3.05) is 12.4 Å². The first-order valence-corrected chi connectivity index (χ1v) is 7.90. The second-order valence-corrected chi connectivity index (χ2v) is 5.82. The van der Waals surface area contributed by atoms with Gasteiger partial charge in [-0.2, -0.15) is 0 Å². The van der Waals surface area contributed by atoms with Crippen LogP contribution in [0.4, 0.5) is 5.69 Å². The van der Waals surface area contributed by atoms with Gasteiger partial charge in [-0.15, -0.1) is 0 Å². The van der Waals surface area contributed by atoms with Gasteiger partial charge in [-0.3, -0.25) is 9.78 Å². The van der Waals surface area contributed by atoms with Gasteiger partial charge < -0.3 is 10.1 Å². The fourth-order valence-corrected chi connectivity index (χ4v) is 2.63. The highest BCUT2D eigenvalue weighted by Gasteiger charge is 2.15. The van der Waals surface area contributed by atoms with Crippen LogP contribution in [0, 0.1) is 0 Å². The lowest BCUT2D eigenvalue weighted by Gasteiger charge is -2.13. The fraction of sp³-hybridized carbons (Fsp3) is 0.200. The van der Waals surface area contributed by atoms with Gasteiger partial charge in [0, 0.05) is 30.6 Å². The summed E-state index contributed by atoms with van der Waals surface area (Å²) in [6.45, 7) is 2.48. The normalized spacial score (nSPS) is 12.1. The van der Waals surface area contributed by atoms with Crippen molar-refractivity contribution in [2.45, 2.75) is 19.4 Å². The van der Waals surface area contributed by atoms with Crippen molar-refractivity contribution in [2.24, 2.45) is 0 Å². The molecule has 1 heterocycles. The number of amides is 1. The number of pyridine rings is 1. The highest BCUT2D eigenvalue weighted by molar-refractivity contribution is 5.97. The van der Waals surface area contributed by atoms with Crippen LogP contribution < -0.4 is 5.32 Å². The van der Waals surface area contributed by atoms with Crippen LogP contribution in [0.2, 0.25) is 0 Å². The predicted octanol–water partition coefficient (Wildman–Crippen LogP) is 4.12. The number of hydrogen-bond donors (Lipinski definition) is 1. The van der Waals surface area contributed by atoms with E-state index in [1.54, 1.807) is 13.3 Å². The highest BCUT2D eigenvalue weighted by atomic mass is 16.5. The summed E-state index contributed by atoms with van der Waals surface area (Å²) in [5.74, 6) is -0.252. The number of anilines is 1. The molecule has 0 spiro atoms. The van der Waals surface area contributed by atoms with Crippen LogP contribution in [0.25, 0.3) is 10.8 Å². The summed E-state index contributed by atoms with van der Waals surface area (Å²) >= 11 is 0. The number of hydrogen-bond acceptors (Lipinski definition) is 3. The average Bonchev–Trinajstić information content (AvgIpc) is 2.62. The van der Waals surface area contributed by atoms with Crippen LogP contribution in [0.1, 0.15) is 24.0 Å². The number of fused-ring (bicyclic) bond motifs is 1. The maximum Gasteiger partial charge on any atom is 0.231 e. The molecule has 1 amide bonds. The third kappa shape index (κ3) is 3.60. The summed E-state index contributed by atoms with van der Waals surface area (Å²) in [5.41, 5.74) is 2.87. The Bertz CT molecular complexity index is 844. The van der Waals surface area contributed by atoms with E-state index in [1.807, 2.05) is 61.7 Å². The Labute approximate surface area is 141 Å². The van der Waals surface area contributed by atoms with E-state index in [0.29, 0.717) is 6.61 Å². The monoisotopic (exact) mass is 320 g/mol. The Balaban J connectivity index is 1.72. The molecule has 1 aromatic heterocycles. The van der Waals surface area contributed by atoms with Gasteiger partial charge in [0.2, 0.25) is 5.91 Å². The minimum absolute atomic E-state index is 0.0251. The van der Waals surface area contributed by atoms with Gasteiger partial charge in [0.1, 0.15) is 0 Å². The quantitative estimate of drug-likeness (QED) is 0.769. The number of aromatic nitrogens is 1. The van der Waals surface area contributed by atoms with Gasteiger partial charge in [0.15, 0.2) is 0 Å². The Morgan fingerprint density at radius 3 is 2.67 bits per heavy atom. The topological polar surface area (TPSA) is 51.2 Å². The molecule has 2 aromatic carbocycles. The molecule has 122 valence electrons. The molecule has 0 aliphatic heterocycles. The molecule has 0 saturated heterocycles. The molecular weight excluding hydrogens is 300 g/mol. The number of nitrogens with one attached hydrogen (secondary N) is 1. The van der Waals surface area contributed by atoms with Gasteiger partial charge in [-0.1, -0.05) is 30.3 Å². The van der Waals surface area contributed by atoms with Crippen LogP contribution in [0.3, 0.4) is 0 Å². The SMILES string of the molecule is COCc1ccc(C(C)C(=O)Nc2ccc3cnccc3c2)cc1. The molecule has 0 aliphatic carbocycles. The maximum absolute atomic E-state index is 12.5. The van der Waals surface area contributed by atoms with Crippen molar-refractivity contribution < 1.29 is 9.53 Å². The molecule has 1 atom stereocenters. The van der Waals surface area contributed by atoms with Crippen LogP contribution >= 0.6 is 0 Å². The third-order valence-corrected chi connectivity index (χ3v) is 4.09. The molecule has 3 aromatic rings. The van der Waals surface area contributed by atoms with Gasteiger partial charge in [0.25, 0.3) is 0 Å². The molecule has 0 aliphatic rings. The highest BCUT2D eigenvalue weighted by Crippen LogP contribution is 2.21. The molecule has 3 rings (SSSR count). The second kappa shape index (κ2) is 7.23. The first kappa shape index (κ1) is 16.1. The molecule has 4 heteroatoms. The summed E-state index contributed by atoms with van der Waals surface area (Å²) in [4.78, 5) is 16.6. The Morgan fingerprint density at radius 1 is 1.12 bits per heavy atom. The first-order chi connectivity index (χ1) is 11.7. The maximum atomic E-state index is 12.5. The Hall–Kier alpha value is -2.72. The van der Waals surface area contributed by atoms with Crippen molar-refractivity contribution in [1.29, 1.82) is 0 Å². The number of methoxy groups -OCH3 is 1. The van der Waals surface area contributed by atoms with E-state index < -0.39 is 0 Å². The van der Waals surface area contributed by atoms with Crippen molar-refractivity contribution in [3.63, 3.8) is 0 Å². The summed E-state index contributed by atoms with van der Waals surface area (Å²) in [7, 11) is 1.67. The summed E-state index contributed by atoms with van der Waals surface area (Å²) in [6, 6.07) is 15.7. The van der Waals surface area contributed by atoms with E-state index in [0.717, 1.165) is 27.6 Å². The van der Waals surface area contributed by atoms with E-state index >= 15 is 0 Å². The number of nitrogens with zero attached hydrogens (tertiary/aromatic N) is 1. The number of carbonyl (C=O) groups is 1. The number of rotatable bonds is 5. The van der Waals surface area contributed by atoms with E-state index in [2.05, 4.69) is 10.3 Å². The van der Waals surface area contributed by atoms with Crippen LogP contribution in [-0.2, 0) is 16.1 Å². The summed E-state index contributed by atoms with van der Waals surface area (Å²) < 4.78 is 5.11. The Kier molecular flexibility index (Phi) is 4.87. The smallest absolute Gasteiger partial charge is 0.231 e. The van der Waals surface area contributed by atoms with Gasteiger partial charge in [-0.25, -0.2) is 0 Å². The van der Waals surface area contributed by atoms with E-state index in [4.69, 9.17) is 4.74 Å². The lowest BCUT2D eigenvalue weighted by Crippen LogP contribution is -2.18. The van der Waals surface area contributed by atoms with Crippen molar-refractivity contribution in [3.05, 3.63) is 72.1 Å².